The minimum atomic E-state index is -1.23. The van der Waals surface area contributed by atoms with Gasteiger partial charge in [0.25, 0.3) is 0 Å². The van der Waals surface area contributed by atoms with E-state index in [1.54, 1.807) is 7.05 Å². The number of Topliss-reactive ketones (excluding diaryl/α,β-unsaturated/α-hetero) is 1. The molecule has 0 spiro atoms. The molecule has 1 rings (SSSR count). The standard InChI is InChI=1S/C22H38N4O7/c1-12(2)11-16(23-5)22(33)26-10-6-7-17(26)21(32)24-15(8-9-18(29)30)20(31)25-19(13(3)27)14(4)28/h12-13,15-17,19,23,27H,6-11H2,1-5H3,(H,24,32)(H,25,31)(H,29,30)/t13?,15-,16-,17-,19-/m0/s1. The highest BCUT2D eigenvalue weighted by Gasteiger charge is 2.38. The molecule has 0 radical (unpaired) electrons. The van der Waals surface area contributed by atoms with E-state index in [9.17, 15) is 29.1 Å². The van der Waals surface area contributed by atoms with Gasteiger partial charge in [0, 0.05) is 13.0 Å². The van der Waals surface area contributed by atoms with Crippen molar-refractivity contribution >= 4 is 29.5 Å². The first-order chi connectivity index (χ1) is 15.4. The summed E-state index contributed by atoms with van der Waals surface area (Å²) in [6.45, 7) is 6.96. The summed E-state index contributed by atoms with van der Waals surface area (Å²) in [4.78, 5) is 63.1. The summed E-state index contributed by atoms with van der Waals surface area (Å²) in [5.74, 6) is -2.87. The van der Waals surface area contributed by atoms with Crippen molar-refractivity contribution in [3.05, 3.63) is 0 Å². The topological polar surface area (TPSA) is 165 Å². The Morgan fingerprint density at radius 3 is 2.18 bits per heavy atom. The van der Waals surface area contributed by atoms with Crippen molar-refractivity contribution in [3.63, 3.8) is 0 Å². The lowest BCUT2D eigenvalue weighted by molar-refractivity contribution is -0.141. The average molecular weight is 471 g/mol. The number of carbonyl (C=O) groups excluding carboxylic acids is 4. The highest BCUT2D eigenvalue weighted by atomic mass is 16.4. The van der Waals surface area contributed by atoms with Gasteiger partial charge in [-0.05, 0) is 52.5 Å². The molecule has 1 aliphatic rings. The van der Waals surface area contributed by atoms with Gasteiger partial charge in [-0.25, -0.2) is 0 Å². The highest BCUT2D eigenvalue weighted by Crippen LogP contribution is 2.20. The molecule has 1 heterocycles. The molecule has 1 unspecified atom stereocenters. The molecule has 1 fully saturated rings. The first kappa shape index (κ1) is 28.5. The molecule has 5 N–H and O–H groups in total. The number of nitrogens with zero attached hydrogens (tertiary/aromatic N) is 1. The molecular formula is C22H38N4O7. The second-order valence-corrected chi connectivity index (χ2v) is 8.99. The van der Waals surface area contributed by atoms with E-state index in [0.717, 1.165) is 0 Å². The van der Waals surface area contributed by atoms with E-state index in [2.05, 4.69) is 16.0 Å². The van der Waals surface area contributed by atoms with Crippen molar-refractivity contribution in [1.82, 2.24) is 20.9 Å². The van der Waals surface area contributed by atoms with Gasteiger partial charge in [-0.2, -0.15) is 0 Å². The second kappa shape index (κ2) is 13.2. The Labute approximate surface area is 194 Å². The molecule has 3 amide bonds. The van der Waals surface area contributed by atoms with Crippen LogP contribution in [0.25, 0.3) is 0 Å². The number of rotatable bonds is 13. The Morgan fingerprint density at radius 1 is 1.06 bits per heavy atom. The fraction of sp³-hybridized carbons (Fsp3) is 0.773. The van der Waals surface area contributed by atoms with Crippen molar-refractivity contribution in [2.24, 2.45) is 5.92 Å². The summed E-state index contributed by atoms with van der Waals surface area (Å²) >= 11 is 0. The number of aliphatic carboxylic acids is 1. The Hall–Kier alpha value is -2.53. The number of carboxylic acid groups (broad SMARTS) is 1. The molecule has 1 saturated heterocycles. The molecule has 11 nitrogen and oxygen atoms in total. The van der Waals surface area contributed by atoms with E-state index < -0.39 is 53.8 Å². The zero-order valence-electron chi connectivity index (χ0n) is 20.1. The van der Waals surface area contributed by atoms with Gasteiger partial charge in [-0.1, -0.05) is 13.8 Å². The lowest BCUT2D eigenvalue weighted by Gasteiger charge is -2.30. The van der Waals surface area contributed by atoms with Gasteiger partial charge in [-0.3, -0.25) is 24.0 Å². The maximum atomic E-state index is 13.0. The summed E-state index contributed by atoms with van der Waals surface area (Å²) in [5.41, 5.74) is 0. The maximum absolute atomic E-state index is 13.0. The van der Waals surface area contributed by atoms with E-state index in [1.807, 2.05) is 13.8 Å². The number of carbonyl (C=O) groups is 5. The minimum Gasteiger partial charge on any atom is -0.481 e. The summed E-state index contributed by atoms with van der Waals surface area (Å²) in [6.07, 6.45) is -0.0964. The molecule has 33 heavy (non-hydrogen) atoms. The van der Waals surface area contributed by atoms with E-state index >= 15 is 0 Å². The molecule has 11 heteroatoms. The highest BCUT2D eigenvalue weighted by molar-refractivity contribution is 5.95. The Morgan fingerprint density at radius 2 is 1.70 bits per heavy atom. The molecule has 0 aromatic heterocycles. The third-order valence-electron chi connectivity index (χ3n) is 5.69. The largest absolute Gasteiger partial charge is 0.481 e. The summed E-state index contributed by atoms with van der Waals surface area (Å²) in [7, 11) is 1.69. The van der Waals surface area contributed by atoms with E-state index in [-0.39, 0.29) is 24.7 Å². The van der Waals surface area contributed by atoms with Gasteiger partial charge in [0.2, 0.25) is 17.7 Å². The molecule has 1 aliphatic heterocycles. The summed E-state index contributed by atoms with van der Waals surface area (Å²) < 4.78 is 0. The van der Waals surface area contributed by atoms with Crippen molar-refractivity contribution in [2.45, 2.75) is 90.1 Å². The van der Waals surface area contributed by atoms with Crippen LogP contribution in [-0.4, -0.2) is 88.5 Å². The number of aliphatic hydroxyl groups excluding tert-OH is 1. The first-order valence-corrected chi connectivity index (χ1v) is 11.4. The van der Waals surface area contributed by atoms with Gasteiger partial charge in [-0.15, -0.1) is 0 Å². The van der Waals surface area contributed by atoms with Crippen LogP contribution in [0.1, 0.15) is 59.8 Å². The predicted octanol–water partition coefficient (Wildman–Crippen LogP) is -0.584. The lowest BCUT2D eigenvalue weighted by atomic mass is 10.0. The Kier molecular flexibility index (Phi) is 11.4. The first-order valence-electron chi connectivity index (χ1n) is 11.4. The Balaban J connectivity index is 2.98. The quantitative estimate of drug-likeness (QED) is 0.238. The number of likely N-dealkylation sites (N-methyl/N-ethyl adjacent to an activating group) is 1. The van der Waals surface area contributed by atoms with Crippen molar-refractivity contribution in [1.29, 1.82) is 0 Å². The second-order valence-electron chi connectivity index (χ2n) is 8.99. The van der Waals surface area contributed by atoms with Crippen LogP contribution in [0, 0.1) is 5.92 Å². The summed E-state index contributed by atoms with van der Waals surface area (Å²) in [6, 6.07) is -3.63. The van der Waals surface area contributed by atoms with Crippen molar-refractivity contribution in [2.75, 3.05) is 13.6 Å². The van der Waals surface area contributed by atoms with Crippen molar-refractivity contribution < 1.29 is 34.2 Å². The Bertz CT molecular complexity index is 726. The van der Waals surface area contributed by atoms with Crippen LogP contribution in [0.2, 0.25) is 0 Å². The van der Waals surface area contributed by atoms with Crippen LogP contribution >= 0.6 is 0 Å². The molecule has 188 valence electrons. The number of amides is 3. The zero-order chi connectivity index (χ0) is 25.3. The van der Waals surface area contributed by atoms with Crippen molar-refractivity contribution in [3.8, 4) is 0 Å². The minimum absolute atomic E-state index is 0.193. The van der Waals surface area contributed by atoms with Crippen LogP contribution < -0.4 is 16.0 Å². The van der Waals surface area contributed by atoms with Gasteiger partial charge in [0.1, 0.15) is 18.1 Å². The number of hydrogen-bond donors (Lipinski definition) is 5. The molecule has 5 atom stereocenters. The SMILES string of the molecule is CN[C@@H](CC(C)C)C(=O)N1CCC[C@H]1C(=O)N[C@@H](CCC(=O)O)C(=O)N[C@H](C(C)=O)C(C)O. The average Bonchev–Trinajstić information content (AvgIpc) is 3.21. The predicted molar refractivity (Wildman–Crippen MR) is 120 cm³/mol. The van der Waals surface area contributed by atoms with E-state index in [1.165, 1.54) is 18.7 Å². The molecular weight excluding hydrogens is 432 g/mol. The van der Waals surface area contributed by atoms with Crippen LogP contribution in [0.3, 0.4) is 0 Å². The maximum Gasteiger partial charge on any atom is 0.303 e. The lowest BCUT2D eigenvalue weighted by Crippen LogP contribution is -2.58. The van der Waals surface area contributed by atoms with Gasteiger partial charge < -0.3 is 31.1 Å². The zero-order valence-corrected chi connectivity index (χ0v) is 20.1. The van der Waals surface area contributed by atoms with Gasteiger partial charge in [0.05, 0.1) is 12.1 Å². The van der Waals surface area contributed by atoms with Gasteiger partial charge >= 0.3 is 5.97 Å². The molecule has 0 aromatic carbocycles. The third-order valence-corrected chi connectivity index (χ3v) is 5.69. The van der Waals surface area contributed by atoms with Crippen LogP contribution in [0.4, 0.5) is 0 Å². The molecule has 0 aliphatic carbocycles. The molecule has 0 saturated carbocycles. The van der Waals surface area contributed by atoms with E-state index in [4.69, 9.17) is 5.11 Å². The molecule has 0 bridgehead atoms. The van der Waals surface area contributed by atoms with Crippen LogP contribution in [-0.2, 0) is 24.0 Å². The molecule has 0 aromatic rings. The smallest absolute Gasteiger partial charge is 0.303 e. The van der Waals surface area contributed by atoms with E-state index in [0.29, 0.717) is 25.8 Å². The number of aliphatic hydroxyl groups is 1. The van der Waals surface area contributed by atoms with Crippen LogP contribution in [0.15, 0.2) is 0 Å². The fourth-order valence-corrected chi connectivity index (χ4v) is 3.94. The fourth-order valence-electron chi connectivity index (χ4n) is 3.94. The van der Waals surface area contributed by atoms with Gasteiger partial charge in [0.15, 0.2) is 5.78 Å². The number of ketones is 1. The monoisotopic (exact) mass is 470 g/mol. The number of hydrogen-bond acceptors (Lipinski definition) is 7. The number of nitrogens with one attached hydrogen (secondary N) is 3. The van der Waals surface area contributed by atoms with Crippen LogP contribution in [0.5, 0.6) is 0 Å². The third kappa shape index (κ3) is 8.73. The number of likely N-dealkylation sites (tertiary alicyclic amines) is 1. The summed E-state index contributed by atoms with van der Waals surface area (Å²) in [5, 5.41) is 26.7. The normalized spacial score (nSPS) is 19.5. The number of carboxylic acids is 1.